The lowest BCUT2D eigenvalue weighted by molar-refractivity contribution is -0.0586. The number of nitrogens with zero attached hydrogens (tertiary/aromatic N) is 3. The Morgan fingerprint density at radius 3 is 2.93 bits per heavy atom. The molecular weight excluding hydrogens is 194 g/mol. The van der Waals surface area contributed by atoms with Crippen LogP contribution in [0, 0.1) is 5.92 Å². The zero-order chi connectivity index (χ0) is 10.9. The van der Waals surface area contributed by atoms with Crippen LogP contribution in [0.25, 0.3) is 10.4 Å². The van der Waals surface area contributed by atoms with Gasteiger partial charge in [-0.05, 0) is 25.3 Å². The van der Waals surface area contributed by atoms with Crippen LogP contribution in [0.2, 0.25) is 0 Å². The van der Waals surface area contributed by atoms with Crippen molar-refractivity contribution in [1.82, 2.24) is 0 Å². The Morgan fingerprint density at radius 2 is 2.33 bits per heavy atom. The highest BCUT2D eigenvalue weighted by Gasteiger charge is 2.50. The third kappa shape index (κ3) is 1.83. The van der Waals surface area contributed by atoms with Gasteiger partial charge in [-0.25, -0.2) is 0 Å². The molecule has 0 amide bonds. The van der Waals surface area contributed by atoms with E-state index >= 15 is 0 Å². The summed E-state index contributed by atoms with van der Waals surface area (Å²) in [5.74, 6) is 0.425. The van der Waals surface area contributed by atoms with Gasteiger partial charge in [0.25, 0.3) is 0 Å². The fourth-order valence-corrected chi connectivity index (χ4v) is 2.53. The van der Waals surface area contributed by atoms with Crippen molar-refractivity contribution in [3.63, 3.8) is 0 Å². The summed E-state index contributed by atoms with van der Waals surface area (Å²) < 4.78 is 11.6. The molecule has 2 saturated heterocycles. The van der Waals surface area contributed by atoms with Crippen LogP contribution in [0.15, 0.2) is 5.11 Å². The molecule has 0 aromatic rings. The summed E-state index contributed by atoms with van der Waals surface area (Å²) in [4.78, 5) is 2.76. The van der Waals surface area contributed by atoms with Gasteiger partial charge in [0.05, 0.1) is 31.0 Å². The normalized spacial score (nSPS) is 44.5. The average molecular weight is 211 g/mol. The Labute approximate surface area is 89.4 Å². The summed E-state index contributed by atoms with van der Waals surface area (Å²) in [5.41, 5.74) is 8.14. The molecule has 4 atom stereocenters. The fraction of sp³-hybridized carbons (Fsp3) is 1.00. The van der Waals surface area contributed by atoms with Gasteiger partial charge in [0.1, 0.15) is 0 Å². The molecule has 15 heavy (non-hydrogen) atoms. The SMILES string of the molecule is CC1OCC2(CCC(CN=[N+]=[N-])O2)C1C. The van der Waals surface area contributed by atoms with Crippen LogP contribution in [0.1, 0.15) is 26.7 Å². The van der Waals surface area contributed by atoms with E-state index in [1.165, 1.54) is 0 Å². The van der Waals surface area contributed by atoms with Crippen molar-refractivity contribution in [2.75, 3.05) is 13.2 Å². The monoisotopic (exact) mass is 211 g/mol. The fourth-order valence-electron chi connectivity index (χ4n) is 2.53. The van der Waals surface area contributed by atoms with Gasteiger partial charge in [-0.2, -0.15) is 0 Å². The Kier molecular flexibility index (Phi) is 2.87. The average Bonchev–Trinajstić information content (AvgIpc) is 2.77. The Balaban J connectivity index is 1.99. The lowest BCUT2D eigenvalue weighted by Gasteiger charge is -2.28. The summed E-state index contributed by atoms with van der Waals surface area (Å²) in [5, 5.41) is 3.57. The van der Waals surface area contributed by atoms with Gasteiger partial charge < -0.3 is 9.47 Å². The zero-order valence-corrected chi connectivity index (χ0v) is 9.22. The molecule has 4 unspecified atom stereocenters. The van der Waals surface area contributed by atoms with Crippen molar-refractivity contribution in [3.05, 3.63) is 10.4 Å². The predicted octanol–water partition coefficient (Wildman–Crippen LogP) is 2.27. The van der Waals surface area contributed by atoms with E-state index in [2.05, 4.69) is 23.9 Å². The minimum Gasteiger partial charge on any atom is -0.375 e. The molecule has 0 aromatic carbocycles. The molecule has 5 nitrogen and oxygen atoms in total. The topological polar surface area (TPSA) is 67.2 Å². The second-order valence-electron chi connectivity index (χ2n) is 4.56. The Bertz CT molecular complexity index is 290. The van der Waals surface area contributed by atoms with Gasteiger partial charge in [0.2, 0.25) is 0 Å². The molecule has 5 heteroatoms. The zero-order valence-electron chi connectivity index (χ0n) is 9.22. The van der Waals surface area contributed by atoms with Gasteiger partial charge in [-0.15, -0.1) is 0 Å². The molecule has 1 spiro atoms. The van der Waals surface area contributed by atoms with Crippen molar-refractivity contribution in [1.29, 1.82) is 0 Å². The maximum Gasteiger partial charge on any atom is 0.0969 e. The van der Waals surface area contributed by atoms with Gasteiger partial charge in [0, 0.05) is 10.8 Å². The first-order valence-electron chi connectivity index (χ1n) is 5.48. The van der Waals surface area contributed by atoms with Crippen LogP contribution in [0.5, 0.6) is 0 Å². The van der Waals surface area contributed by atoms with Crippen LogP contribution in [0.4, 0.5) is 0 Å². The summed E-state index contributed by atoms with van der Waals surface area (Å²) in [6, 6.07) is 0. The lowest BCUT2D eigenvalue weighted by Crippen LogP contribution is -2.37. The Hall–Kier alpha value is -0.770. The molecule has 0 aromatic heterocycles. The van der Waals surface area contributed by atoms with Crippen LogP contribution < -0.4 is 0 Å². The van der Waals surface area contributed by atoms with Gasteiger partial charge in [-0.1, -0.05) is 12.0 Å². The van der Waals surface area contributed by atoms with Crippen molar-refractivity contribution < 1.29 is 9.47 Å². The van der Waals surface area contributed by atoms with Gasteiger partial charge in [-0.3, -0.25) is 0 Å². The first kappa shape index (κ1) is 10.7. The van der Waals surface area contributed by atoms with E-state index < -0.39 is 0 Å². The minimum absolute atomic E-state index is 0.0808. The summed E-state index contributed by atoms with van der Waals surface area (Å²) in [6.45, 7) is 5.39. The van der Waals surface area contributed by atoms with Crippen molar-refractivity contribution >= 4 is 0 Å². The van der Waals surface area contributed by atoms with E-state index in [1.807, 2.05) is 0 Å². The summed E-state index contributed by atoms with van der Waals surface area (Å²) >= 11 is 0. The largest absolute Gasteiger partial charge is 0.375 e. The lowest BCUT2D eigenvalue weighted by atomic mass is 9.86. The second-order valence-corrected chi connectivity index (χ2v) is 4.56. The standard InChI is InChI=1S/C10H17N3O2/c1-7-8(2)14-6-10(7)4-3-9(15-10)5-12-13-11/h7-9H,3-6H2,1-2H3. The van der Waals surface area contributed by atoms with E-state index in [0.29, 0.717) is 19.1 Å². The first-order chi connectivity index (χ1) is 7.18. The van der Waals surface area contributed by atoms with Gasteiger partial charge in [0.15, 0.2) is 0 Å². The second kappa shape index (κ2) is 4.00. The van der Waals surface area contributed by atoms with E-state index in [4.69, 9.17) is 15.0 Å². The Morgan fingerprint density at radius 1 is 1.53 bits per heavy atom. The molecule has 0 radical (unpaired) electrons. The molecular formula is C10H17N3O2. The van der Waals surface area contributed by atoms with E-state index in [1.54, 1.807) is 0 Å². The highest BCUT2D eigenvalue weighted by atomic mass is 16.6. The third-order valence-corrected chi connectivity index (χ3v) is 3.76. The van der Waals surface area contributed by atoms with Crippen molar-refractivity contribution in [3.8, 4) is 0 Å². The maximum atomic E-state index is 8.26. The van der Waals surface area contributed by atoms with Gasteiger partial charge >= 0.3 is 0 Å². The molecule has 2 fully saturated rings. The molecule has 0 N–H and O–H groups in total. The van der Waals surface area contributed by atoms with Crippen molar-refractivity contribution in [2.24, 2.45) is 11.0 Å². The summed E-state index contributed by atoms with van der Waals surface area (Å²) in [7, 11) is 0. The number of ether oxygens (including phenoxy) is 2. The molecule has 0 aliphatic carbocycles. The first-order valence-corrected chi connectivity index (χ1v) is 5.48. The van der Waals surface area contributed by atoms with Crippen LogP contribution >= 0.6 is 0 Å². The molecule has 2 heterocycles. The van der Waals surface area contributed by atoms with E-state index in [-0.39, 0.29) is 17.8 Å². The quantitative estimate of drug-likeness (QED) is 0.399. The number of rotatable bonds is 2. The smallest absolute Gasteiger partial charge is 0.0969 e. The molecule has 84 valence electrons. The number of hydrogen-bond acceptors (Lipinski definition) is 3. The third-order valence-electron chi connectivity index (χ3n) is 3.76. The highest BCUT2D eigenvalue weighted by Crippen LogP contribution is 2.43. The van der Waals surface area contributed by atoms with E-state index in [0.717, 1.165) is 12.8 Å². The maximum absolute atomic E-state index is 8.26. The molecule has 0 saturated carbocycles. The summed E-state index contributed by atoms with van der Waals surface area (Å²) in [6.07, 6.45) is 2.34. The molecule has 2 aliphatic heterocycles. The van der Waals surface area contributed by atoms with Crippen LogP contribution in [-0.4, -0.2) is 31.0 Å². The number of hydrogen-bond donors (Lipinski definition) is 0. The predicted molar refractivity (Wildman–Crippen MR) is 55.4 cm³/mol. The van der Waals surface area contributed by atoms with Crippen LogP contribution in [-0.2, 0) is 9.47 Å². The highest BCUT2D eigenvalue weighted by molar-refractivity contribution is 4.99. The minimum atomic E-state index is -0.116. The molecule has 2 rings (SSSR count). The van der Waals surface area contributed by atoms with Crippen molar-refractivity contribution in [2.45, 2.75) is 44.5 Å². The number of azide groups is 1. The molecule has 0 bridgehead atoms. The van der Waals surface area contributed by atoms with Crippen LogP contribution in [0.3, 0.4) is 0 Å². The van der Waals surface area contributed by atoms with E-state index in [9.17, 15) is 0 Å². The molecule has 2 aliphatic rings.